The van der Waals surface area contributed by atoms with Gasteiger partial charge < -0.3 is 0 Å². The Morgan fingerprint density at radius 3 is 1.63 bits per heavy atom. The molecule has 0 N–H and O–H groups in total. The molecule has 0 bridgehead atoms. The summed E-state index contributed by atoms with van der Waals surface area (Å²) in [6.07, 6.45) is 1.86. The zero-order chi connectivity index (χ0) is 34.6. The summed E-state index contributed by atoms with van der Waals surface area (Å²) < 4.78 is 0. The highest BCUT2D eigenvalue weighted by molar-refractivity contribution is 6.28. The van der Waals surface area contributed by atoms with Crippen LogP contribution in [0.5, 0.6) is 0 Å². The molecule has 0 unspecified atom stereocenters. The fourth-order valence-corrected chi connectivity index (χ4v) is 8.37. The summed E-state index contributed by atoms with van der Waals surface area (Å²) in [7, 11) is 0. The van der Waals surface area contributed by atoms with E-state index in [1.807, 2.05) is 12.3 Å². The molecule has 2 heteroatoms. The first kappa shape index (κ1) is 30.1. The van der Waals surface area contributed by atoms with E-state index in [2.05, 4.69) is 188 Å². The number of hydrogen-bond acceptors (Lipinski definition) is 2. The second kappa shape index (κ2) is 12.2. The zero-order valence-corrected chi connectivity index (χ0v) is 28.8. The number of benzene rings is 8. The second-order valence-corrected chi connectivity index (χ2v) is 13.5. The van der Waals surface area contributed by atoms with E-state index in [-0.39, 0.29) is 0 Å². The van der Waals surface area contributed by atoms with E-state index in [9.17, 15) is 0 Å². The average molecular weight is 663 g/mol. The van der Waals surface area contributed by atoms with Gasteiger partial charge in [-0.2, -0.15) is 0 Å². The minimum Gasteiger partial charge on any atom is -0.295 e. The Morgan fingerprint density at radius 1 is 0.404 bits per heavy atom. The number of fused-ring (bicyclic) bond motifs is 4. The van der Waals surface area contributed by atoms with E-state index in [4.69, 9.17) is 4.98 Å². The fourth-order valence-electron chi connectivity index (χ4n) is 8.37. The van der Waals surface area contributed by atoms with E-state index in [1.165, 1.54) is 82.7 Å². The van der Waals surface area contributed by atoms with Crippen molar-refractivity contribution in [3.05, 3.63) is 194 Å². The molecule has 0 spiro atoms. The van der Waals surface area contributed by atoms with Crippen LogP contribution in [0.4, 0.5) is 17.2 Å². The van der Waals surface area contributed by atoms with Crippen LogP contribution in [0.25, 0.3) is 77.2 Å². The molecule has 0 radical (unpaired) electrons. The molecule has 2 nitrogen and oxygen atoms in total. The lowest BCUT2D eigenvalue weighted by Crippen LogP contribution is -2.12. The van der Waals surface area contributed by atoms with Crippen molar-refractivity contribution in [3.63, 3.8) is 0 Å². The maximum Gasteiger partial charge on any atom is 0.137 e. The number of rotatable bonds is 6. The maximum absolute atomic E-state index is 4.80. The van der Waals surface area contributed by atoms with Gasteiger partial charge in [0.05, 0.1) is 5.69 Å². The average Bonchev–Trinajstić information content (AvgIpc) is 3.54. The topological polar surface area (TPSA) is 16.1 Å². The van der Waals surface area contributed by atoms with Crippen molar-refractivity contribution in [1.82, 2.24) is 4.98 Å². The van der Waals surface area contributed by atoms with Gasteiger partial charge in [-0.05, 0) is 120 Å². The number of pyridine rings is 1. The van der Waals surface area contributed by atoms with Crippen LogP contribution in [-0.4, -0.2) is 4.98 Å². The van der Waals surface area contributed by atoms with E-state index in [0.717, 1.165) is 17.2 Å². The third kappa shape index (κ3) is 4.69. The van der Waals surface area contributed by atoms with Gasteiger partial charge in [0.15, 0.2) is 0 Å². The molecule has 1 heterocycles. The van der Waals surface area contributed by atoms with Crippen LogP contribution in [0.1, 0.15) is 5.56 Å². The van der Waals surface area contributed by atoms with E-state index in [0.29, 0.717) is 0 Å². The molecule has 0 fully saturated rings. The van der Waals surface area contributed by atoms with Crippen molar-refractivity contribution < 1.29 is 0 Å². The molecule has 9 aromatic rings. The largest absolute Gasteiger partial charge is 0.295 e. The van der Waals surface area contributed by atoms with Crippen molar-refractivity contribution in [2.45, 2.75) is 6.92 Å². The van der Waals surface area contributed by atoms with Crippen molar-refractivity contribution in [2.75, 3.05) is 4.90 Å². The Bertz CT molecular complexity index is 2690. The van der Waals surface area contributed by atoms with Gasteiger partial charge >= 0.3 is 0 Å². The predicted molar refractivity (Wildman–Crippen MR) is 219 cm³/mol. The lowest BCUT2D eigenvalue weighted by molar-refractivity contribution is 1.17. The van der Waals surface area contributed by atoms with Gasteiger partial charge in [-0.3, -0.25) is 4.90 Å². The summed E-state index contributed by atoms with van der Waals surface area (Å²) in [6.45, 7) is 2.16. The standard InChI is InChI=1S/C50H34N2/c1-33-16-8-11-27-44(33)52(45-28-12-13-31-51-45)37-22-14-21-36(32-37)38-29-30-43-48-39(38)25-15-26-42(48)49-46(34-17-4-2-5-18-34)40-23-9-10-24-41(40)47(50(43)49)35-19-6-3-7-20-35/h2-32H,1H3. The van der Waals surface area contributed by atoms with Crippen LogP contribution < -0.4 is 4.90 Å². The number of aromatic nitrogens is 1. The fraction of sp³-hybridized carbons (Fsp3) is 0.0200. The quantitative estimate of drug-likeness (QED) is 0.176. The number of para-hydroxylation sites is 1. The molecular formula is C50H34N2. The lowest BCUT2D eigenvalue weighted by atomic mass is 9.82. The van der Waals surface area contributed by atoms with Gasteiger partial charge in [0.2, 0.25) is 0 Å². The summed E-state index contributed by atoms with van der Waals surface area (Å²) in [5.41, 5.74) is 16.0. The van der Waals surface area contributed by atoms with Crippen molar-refractivity contribution >= 4 is 38.7 Å². The molecular weight excluding hydrogens is 629 g/mol. The Labute approximate surface area is 303 Å². The van der Waals surface area contributed by atoms with Gasteiger partial charge in [-0.1, -0.05) is 152 Å². The molecule has 0 amide bonds. The molecule has 1 aromatic heterocycles. The normalized spacial score (nSPS) is 11.6. The van der Waals surface area contributed by atoms with Crippen LogP contribution >= 0.6 is 0 Å². The van der Waals surface area contributed by atoms with E-state index >= 15 is 0 Å². The summed E-state index contributed by atoms with van der Waals surface area (Å²) in [5.74, 6) is 0.888. The molecule has 0 saturated carbocycles. The molecule has 0 atom stereocenters. The summed E-state index contributed by atoms with van der Waals surface area (Å²) in [5, 5.41) is 5.11. The van der Waals surface area contributed by atoms with Crippen LogP contribution in [-0.2, 0) is 0 Å². The number of nitrogens with zero attached hydrogens (tertiary/aromatic N) is 2. The molecule has 52 heavy (non-hydrogen) atoms. The highest BCUT2D eigenvalue weighted by Gasteiger charge is 2.31. The molecule has 0 aliphatic heterocycles. The predicted octanol–water partition coefficient (Wildman–Crippen LogP) is 13.8. The number of hydrogen-bond donors (Lipinski definition) is 0. The van der Waals surface area contributed by atoms with Gasteiger partial charge in [0.1, 0.15) is 5.82 Å². The van der Waals surface area contributed by atoms with Crippen molar-refractivity contribution in [3.8, 4) is 55.6 Å². The van der Waals surface area contributed by atoms with Gasteiger partial charge in [-0.25, -0.2) is 4.98 Å². The highest BCUT2D eigenvalue weighted by Crippen LogP contribution is 2.58. The summed E-state index contributed by atoms with van der Waals surface area (Å²) in [4.78, 5) is 7.06. The second-order valence-electron chi connectivity index (χ2n) is 13.5. The smallest absolute Gasteiger partial charge is 0.137 e. The van der Waals surface area contributed by atoms with Crippen LogP contribution in [0.2, 0.25) is 0 Å². The van der Waals surface area contributed by atoms with E-state index in [1.54, 1.807) is 0 Å². The third-order valence-electron chi connectivity index (χ3n) is 10.6. The first-order chi connectivity index (χ1) is 25.8. The SMILES string of the molecule is Cc1ccccc1N(c1cccc(-c2ccc3c4c(cccc24)-c2c-3c(-c3ccccc3)c3ccccc3c2-c2ccccc2)c1)c1ccccn1. The monoisotopic (exact) mass is 662 g/mol. The van der Waals surface area contributed by atoms with Gasteiger partial charge in [0.25, 0.3) is 0 Å². The van der Waals surface area contributed by atoms with Crippen molar-refractivity contribution in [1.29, 1.82) is 0 Å². The Kier molecular flexibility index (Phi) is 7.07. The molecule has 0 saturated heterocycles. The lowest BCUT2D eigenvalue weighted by Gasteiger charge is -2.26. The summed E-state index contributed by atoms with van der Waals surface area (Å²) >= 11 is 0. The molecule has 1 aliphatic carbocycles. The van der Waals surface area contributed by atoms with Gasteiger partial charge in [0, 0.05) is 11.9 Å². The first-order valence-corrected chi connectivity index (χ1v) is 17.9. The Morgan fingerprint density at radius 2 is 0.962 bits per heavy atom. The number of anilines is 3. The van der Waals surface area contributed by atoms with Crippen LogP contribution in [0, 0.1) is 6.92 Å². The Balaban J connectivity index is 1.24. The first-order valence-electron chi connectivity index (χ1n) is 17.9. The maximum atomic E-state index is 4.80. The van der Waals surface area contributed by atoms with Crippen LogP contribution in [0.3, 0.4) is 0 Å². The highest BCUT2D eigenvalue weighted by atomic mass is 15.2. The summed E-state index contributed by atoms with van der Waals surface area (Å²) in [6, 6.07) is 65.9. The molecule has 1 aliphatic rings. The van der Waals surface area contributed by atoms with Crippen LogP contribution in [0.15, 0.2) is 188 Å². The molecule has 244 valence electrons. The third-order valence-corrected chi connectivity index (χ3v) is 10.6. The van der Waals surface area contributed by atoms with E-state index < -0.39 is 0 Å². The molecule has 8 aromatic carbocycles. The zero-order valence-electron chi connectivity index (χ0n) is 28.8. The van der Waals surface area contributed by atoms with Gasteiger partial charge in [-0.15, -0.1) is 0 Å². The Hall–Kier alpha value is -6.77. The van der Waals surface area contributed by atoms with Crippen molar-refractivity contribution in [2.24, 2.45) is 0 Å². The minimum atomic E-state index is 0.888. The number of aryl methyl sites for hydroxylation is 1. The molecule has 10 rings (SSSR count). The minimum absolute atomic E-state index is 0.888.